The van der Waals surface area contributed by atoms with Crippen LogP contribution in [0.1, 0.15) is 17.3 Å². The maximum atomic E-state index is 12.2. The third kappa shape index (κ3) is 1.66. The summed E-state index contributed by atoms with van der Waals surface area (Å²) in [7, 11) is 0. The molecule has 5 heteroatoms. The van der Waals surface area contributed by atoms with E-state index in [1.807, 2.05) is 6.07 Å². The van der Waals surface area contributed by atoms with Crippen molar-refractivity contribution in [1.82, 2.24) is 0 Å². The average Bonchev–Trinajstić information content (AvgIpc) is 2.64. The number of nitrogens with zero attached hydrogens (tertiary/aromatic N) is 1. The van der Waals surface area contributed by atoms with Crippen molar-refractivity contribution in [2.75, 3.05) is 6.61 Å². The average molecular weight is 294 g/mol. The molecule has 1 unspecified atom stereocenters. The fourth-order valence-electron chi connectivity index (χ4n) is 1.63. The Hall–Kier alpha value is -1.63. The molecular weight excluding hydrogens is 285 g/mol. The molecule has 86 valence electrons. The number of ketones is 1. The normalized spacial score (nSPS) is 21.8. The number of fused-ring (bicyclic) bond motifs is 1. The first-order valence-electron chi connectivity index (χ1n) is 5.07. The van der Waals surface area contributed by atoms with Crippen LogP contribution in [0.3, 0.4) is 0 Å². The van der Waals surface area contributed by atoms with Crippen LogP contribution < -0.4 is 4.46 Å². The van der Waals surface area contributed by atoms with Gasteiger partial charge >= 0.3 is 105 Å². The molecule has 0 amide bonds. The van der Waals surface area contributed by atoms with Crippen LogP contribution in [0.5, 0.6) is 0 Å². The van der Waals surface area contributed by atoms with E-state index in [9.17, 15) is 14.9 Å². The quantitative estimate of drug-likeness (QED) is 0.451. The minimum atomic E-state index is -1.62. The molecule has 4 nitrogen and oxygen atoms in total. The van der Waals surface area contributed by atoms with Crippen molar-refractivity contribution in [3.63, 3.8) is 0 Å². The second-order valence-electron chi connectivity index (χ2n) is 3.44. The molecule has 0 saturated carbocycles. The van der Waals surface area contributed by atoms with Crippen molar-refractivity contribution in [2.24, 2.45) is 0 Å². The van der Waals surface area contributed by atoms with Crippen LogP contribution in [0, 0.1) is 11.3 Å². The van der Waals surface area contributed by atoms with Gasteiger partial charge in [-0.05, 0) is 0 Å². The Kier molecular flexibility index (Phi) is 3.01. The molecule has 1 aliphatic heterocycles. The Morgan fingerprint density at radius 2 is 2.24 bits per heavy atom. The van der Waals surface area contributed by atoms with Crippen molar-refractivity contribution < 1.29 is 14.3 Å². The number of carbonyl (C=O) groups is 2. The maximum absolute atomic E-state index is 12.2. The van der Waals surface area contributed by atoms with Crippen molar-refractivity contribution in [1.29, 1.82) is 5.26 Å². The van der Waals surface area contributed by atoms with Gasteiger partial charge in [0.15, 0.2) is 0 Å². The topological polar surface area (TPSA) is 67.2 Å². The number of esters is 1. The first-order chi connectivity index (χ1) is 8.15. The SMILES string of the molecule is CCOC(=O)C1(C#N)[Se]c2ccccc2C1=O. The van der Waals surface area contributed by atoms with Gasteiger partial charge in [-0.2, -0.15) is 0 Å². The van der Waals surface area contributed by atoms with Crippen LogP contribution >= 0.6 is 0 Å². The Balaban J connectivity index is 2.46. The number of carbonyl (C=O) groups excluding carboxylic acids is 2. The van der Waals surface area contributed by atoms with Crippen LogP contribution in [0.15, 0.2) is 24.3 Å². The summed E-state index contributed by atoms with van der Waals surface area (Å²) in [6.07, 6.45) is 0. The molecule has 1 aromatic carbocycles. The summed E-state index contributed by atoms with van der Waals surface area (Å²) in [5.41, 5.74) is 0.474. The Morgan fingerprint density at radius 1 is 1.53 bits per heavy atom. The number of rotatable bonds is 2. The number of hydrogen-bond donors (Lipinski definition) is 0. The monoisotopic (exact) mass is 295 g/mol. The van der Waals surface area contributed by atoms with Gasteiger partial charge in [-0.15, -0.1) is 0 Å². The summed E-state index contributed by atoms with van der Waals surface area (Å²) in [5, 5.41) is 9.20. The van der Waals surface area contributed by atoms with Gasteiger partial charge in [0.05, 0.1) is 0 Å². The molecule has 1 atom stereocenters. The van der Waals surface area contributed by atoms with E-state index in [1.54, 1.807) is 31.2 Å². The summed E-state index contributed by atoms with van der Waals surface area (Å²) < 4.78 is 4.03. The van der Waals surface area contributed by atoms with E-state index >= 15 is 0 Å². The third-order valence-corrected chi connectivity index (χ3v) is 5.22. The Bertz CT molecular complexity index is 535. The van der Waals surface area contributed by atoms with E-state index in [4.69, 9.17) is 4.74 Å². The zero-order valence-electron chi connectivity index (χ0n) is 9.10. The second kappa shape index (κ2) is 4.32. The molecule has 1 heterocycles. The van der Waals surface area contributed by atoms with E-state index < -0.39 is 31.0 Å². The molecule has 0 N–H and O–H groups in total. The van der Waals surface area contributed by atoms with Gasteiger partial charge in [-0.3, -0.25) is 0 Å². The number of ether oxygens (including phenoxy) is 1. The van der Waals surface area contributed by atoms with E-state index in [1.165, 1.54) is 0 Å². The van der Waals surface area contributed by atoms with E-state index in [0.717, 1.165) is 4.46 Å². The summed E-state index contributed by atoms with van der Waals surface area (Å²) in [4.78, 5) is 24.0. The molecule has 0 spiro atoms. The minimum absolute atomic E-state index is 0.169. The van der Waals surface area contributed by atoms with Crippen LogP contribution in [-0.4, -0.2) is 33.3 Å². The predicted octanol–water partition coefficient (Wildman–Crippen LogP) is 0.458. The van der Waals surface area contributed by atoms with Gasteiger partial charge < -0.3 is 0 Å². The van der Waals surface area contributed by atoms with Crippen LogP contribution in [0.25, 0.3) is 0 Å². The molecule has 1 aromatic rings. The van der Waals surface area contributed by atoms with Crippen molar-refractivity contribution in [3.05, 3.63) is 29.8 Å². The molecule has 0 aromatic heterocycles. The van der Waals surface area contributed by atoms with Crippen LogP contribution in [0.4, 0.5) is 0 Å². The zero-order valence-corrected chi connectivity index (χ0v) is 10.8. The molecule has 17 heavy (non-hydrogen) atoms. The number of Topliss-reactive ketones (excluding diaryl/α,β-unsaturated/α-hetero) is 1. The summed E-state index contributed by atoms with van der Waals surface area (Å²) in [6, 6.07) is 8.82. The second-order valence-corrected chi connectivity index (χ2v) is 6.08. The standard InChI is InChI=1S/C12H9NO3Se/c1-2-16-11(15)12(7-13)10(14)8-5-3-4-6-9(8)17-12/h3-6H,2H2,1H3. The zero-order chi connectivity index (χ0) is 12.5. The first-order valence-corrected chi connectivity index (χ1v) is 6.78. The fourth-order valence-corrected chi connectivity index (χ4v) is 4.02. The van der Waals surface area contributed by atoms with Crippen molar-refractivity contribution >= 4 is 31.2 Å². The molecule has 0 radical (unpaired) electrons. The number of nitriles is 1. The van der Waals surface area contributed by atoms with Gasteiger partial charge in [-0.1, -0.05) is 0 Å². The van der Waals surface area contributed by atoms with E-state index in [-0.39, 0.29) is 6.61 Å². The summed E-state index contributed by atoms with van der Waals surface area (Å²) >= 11 is -0.526. The van der Waals surface area contributed by atoms with Gasteiger partial charge in [0.1, 0.15) is 0 Å². The number of hydrogen-bond acceptors (Lipinski definition) is 4. The van der Waals surface area contributed by atoms with Crippen LogP contribution in [-0.2, 0) is 9.53 Å². The predicted molar refractivity (Wildman–Crippen MR) is 61.1 cm³/mol. The molecular formula is C12H9NO3Se. The molecule has 0 bridgehead atoms. The molecule has 0 saturated heterocycles. The van der Waals surface area contributed by atoms with Gasteiger partial charge in [0.25, 0.3) is 0 Å². The summed E-state index contributed by atoms with van der Waals surface area (Å²) in [6.45, 7) is 1.82. The molecule has 0 aliphatic carbocycles. The first kappa shape index (κ1) is 11.8. The van der Waals surface area contributed by atoms with Gasteiger partial charge in [0.2, 0.25) is 0 Å². The van der Waals surface area contributed by atoms with Crippen molar-refractivity contribution in [3.8, 4) is 6.07 Å². The Labute approximate surface area is 105 Å². The molecule has 0 fully saturated rings. The van der Waals surface area contributed by atoms with Gasteiger partial charge in [-0.25, -0.2) is 0 Å². The van der Waals surface area contributed by atoms with E-state index in [2.05, 4.69) is 0 Å². The van der Waals surface area contributed by atoms with Crippen molar-refractivity contribution in [2.45, 2.75) is 11.2 Å². The Morgan fingerprint density at radius 3 is 2.82 bits per heavy atom. The summed E-state index contributed by atoms with van der Waals surface area (Å²) in [5.74, 6) is -1.14. The number of benzene rings is 1. The molecule has 2 rings (SSSR count). The van der Waals surface area contributed by atoms with E-state index in [0.29, 0.717) is 5.56 Å². The molecule has 1 aliphatic rings. The third-order valence-electron chi connectivity index (χ3n) is 2.43. The van der Waals surface area contributed by atoms with Gasteiger partial charge in [0, 0.05) is 0 Å². The fraction of sp³-hybridized carbons (Fsp3) is 0.250. The van der Waals surface area contributed by atoms with Crippen LogP contribution in [0.2, 0.25) is 4.31 Å².